The van der Waals surface area contributed by atoms with Crippen LogP contribution in [-0.4, -0.2) is 46.1 Å². The van der Waals surface area contributed by atoms with Crippen LogP contribution in [0.15, 0.2) is 18.3 Å². The molecule has 128 valence electrons. The first-order chi connectivity index (χ1) is 12.2. The average Bonchev–Trinajstić information content (AvgIpc) is 2.60. The lowest BCUT2D eigenvalue weighted by molar-refractivity contribution is 0.410. The minimum Gasteiger partial charge on any atom is -0.353 e. The summed E-state index contributed by atoms with van der Waals surface area (Å²) in [7, 11) is 0. The fraction of sp³-hybridized carbons (Fsp3) is 0.500. The molecule has 1 saturated heterocycles. The van der Waals surface area contributed by atoms with Crippen LogP contribution in [0.3, 0.4) is 0 Å². The molecule has 25 heavy (non-hydrogen) atoms. The third kappa shape index (κ3) is 3.25. The standard InChI is InChI=1S/C18H21N7/c1-13-21-16(14-3-2-4-14)11-17(22-13)24-7-9-25(10-8-24)18-20-6-5-15(12-19)23-18/h5-6,11,14H,2-4,7-10H2,1H3. The number of piperazine rings is 1. The number of aryl methyl sites for hydroxylation is 1. The molecule has 0 spiro atoms. The molecule has 2 aromatic rings. The van der Waals surface area contributed by atoms with Crippen molar-refractivity contribution in [2.45, 2.75) is 32.1 Å². The van der Waals surface area contributed by atoms with E-state index in [9.17, 15) is 0 Å². The second-order valence-corrected chi connectivity index (χ2v) is 6.65. The summed E-state index contributed by atoms with van der Waals surface area (Å²) in [5.74, 6) is 3.13. The Morgan fingerprint density at radius 2 is 1.84 bits per heavy atom. The minimum atomic E-state index is 0.406. The highest BCUT2D eigenvalue weighted by molar-refractivity contribution is 5.44. The van der Waals surface area contributed by atoms with Gasteiger partial charge in [0.05, 0.1) is 0 Å². The van der Waals surface area contributed by atoms with Gasteiger partial charge in [0.25, 0.3) is 0 Å². The molecule has 1 aliphatic carbocycles. The summed E-state index contributed by atoms with van der Waals surface area (Å²) in [6, 6.07) is 5.87. The number of nitriles is 1. The highest BCUT2D eigenvalue weighted by Gasteiger charge is 2.24. The summed E-state index contributed by atoms with van der Waals surface area (Å²) in [4.78, 5) is 22.3. The van der Waals surface area contributed by atoms with E-state index in [0.717, 1.165) is 37.8 Å². The third-order valence-corrected chi connectivity index (χ3v) is 5.01. The molecule has 0 unspecified atom stereocenters. The van der Waals surface area contributed by atoms with Crippen LogP contribution in [0, 0.1) is 18.3 Å². The lowest BCUT2D eigenvalue weighted by atomic mass is 9.83. The Morgan fingerprint density at radius 1 is 1.08 bits per heavy atom. The Bertz CT molecular complexity index is 801. The number of rotatable bonds is 3. The predicted octanol–water partition coefficient (Wildman–Crippen LogP) is 2.04. The number of nitrogens with zero attached hydrogens (tertiary/aromatic N) is 7. The van der Waals surface area contributed by atoms with Crippen molar-refractivity contribution in [2.75, 3.05) is 36.0 Å². The van der Waals surface area contributed by atoms with Gasteiger partial charge >= 0.3 is 0 Å². The second-order valence-electron chi connectivity index (χ2n) is 6.65. The van der Waals surface area contributed by atoms with Crippen LogP contribution in [0.25, 0.3) is 0 Å². The first kappa shape index (κ1) is 15.8. The lowest BCUT2D eigenvalue weighted by Gasteiger charge is -2.36. The van der Waals surface area contributed by atoms with E-state index in [-0.39, 0.29) is 0 Å². The van der Waals surface area contributed by atoms with E-state index >= 15 is 0 Å². The van der Waals surface area contributed by atoms with Crippen LogP contribution in [0.1, 0.15) is 42.4 Å². The maximum Gasteiger partial charge on any atom is 0.226 e. The van der Waals surface area contributed by atoms with E-state index in [1.807, 2.05) is 6.92 Å². The topological polar surface area (TPSA) is 81.8 Å². The van der Waals surface area contributed by atoms with Gasteiger partial charge in [0.15, 0.2) is 0 Å². The summed E-state index contributed by atoms with van der Waals surface area (Å²) < 4.78 is 0. The molecule has 2 fully saturated rings. The first-order valence-electron chi connectivity index (χ1n) is 8.81. The normalized spacial score (nSPS) is 17.9. The van der Waals surface area contributed by atoms with Crippen molar-refractivity contribution >= 4 is 11.8 Å². The molecule has 4 rings (SSSR count). The van der Waals surface area contributed by atoms with E-state index < -0.39 is 0 Å². The Hall–Kier alpha value is -2.75. The Morgan fingerprint density at radius 3 is 2.52 bits per heavy atom. The Balaban J connectivity index is 1.46. The van der Waals surface area contributed by atoms with E-state index in [1.54, 1.807) is 12.3 Å². The molecule has 0 atom stereocenters. The molecule has 0 aromatic carbocycles. The molecule has 7 nitrogen and oxygen atoms in total. The van der Waals surface area contributed by atoms with Gasteiger partial charge in [-0.15, -0.1) is 0 Å². The molecule has 0 radical (unpaired) electrons. The summed E-state index contributed by atoms with van der Waals surface area (Å²) in [5.41, 5.74) is 1.60. The van der Waals surface area contributed by atoms with Crippen molar-refractivity contribution in [1.82, 2.24) is 19.9 Å². The van der Waals surface area contributed by atoms with Crippen molar-refractivity contribution in [2.24, 2.45) is 0 Å². The van der Waals surface area contributed by atoms with E-state index in [1.165, 1.54) is 25.0 Å². The van der Waals surface area contributed by atoms with Gasteiger partial charge < -0.3 is 9.80 Å². The summed E-state index contributed by atoms with van der Waals surface area (Å²) >= 11 is 0. The molecule has 1 aliphatic heterocycles. The van der Waals surface area contributed by atoms with Crippen LogP contribution < -0.4 is 9.80 Å². The maximum absolute atomic E-state index is 8.99. The predicted molar refractivity (Wildman–Crippen MR) is 94.5 cm³/mol. The van der Waals surface area contributed by atoms with Gasteiger partial charge in [0.1, 0.15) is 23.4 Å². The summed E-state index contributed by atoms with van der Waals surface area (Å²) in [6.45, 7) is 5.33. The van der Waals surface area contributed by atoms with Crippen LogP contribution >= 0.6 is 0 Å². The highest BCUT2D eigenvalue weighted by atomic mass is 15.3. The zero-order valence-corrected chi connectivity index (χ0v) is 14.4. The SMILES string of the molecule is Cc1nc(C2CCC2)cc(N2CCN(c3nccc(C#N)n3)CC2)n1. The van der Waals surface area contributed by atoms with Crippen molar-refractivity contribution in [3.8, 4) is 6.07 Å². The van der Waals surface area contributed by atoms with E-state index in [0.29, 0.717) is 17.6 Å². The average molecular weight is 335 g/mol. The smallest absolute Gasteiger partial charge is 0.226 e. The lowest BCUT2D eigenvalue weighted by Crippen LogP contribution is -2.47. The van der Waals surface area contributed by atoms with Gasteiger partial charge in [0, 0.05) is 50.1 Å². The van der Waals surface area contributed by atoms with Gasteiger partial charge in [-0.1, -0.05) is 6.42 Å². The van der Waals surface area contributed by atoms with E-state index in [4.69, 9.17) is 5.26 Å². The fourth-order valence-corrected chi connectivity index (χ4v) is 3.35. The second kappa shape index (κ2) is 6.63. The quantitative estimate of drug-likeness (QED) is 0.849. The van der Waals surface area contributed by atoms with Crippen molar-refractivity contribution in [1.29, 1.82) is 5.26 Å². The molecular formula is C18H21N7. The highest BCUT2D eigenvalue weighted by Crippen LogP contribution is 2.36. The molecule has 0 N–H and O–H groups in total. The molecule has 7 heteroatoms. The molecule has 1 saturated carbocycles. The summed E-state index contributed by atoms with van der Waals surface area (Å²) in [5, 5.41) is 8.99. The molecule has 2 aromatic heterocycles. The van der Waals surface area contributed by atoms with Gasteiger partial charge in [-0.25, -0.2) is 19.9 Å². The zero-order valence-electron chi connectivity index (χ0n) is 14.4. The molecule has 0 amide bonds. The van der Waals surface area contributed by atoms with Gasteiger partial charge in [-0.05, 0) is 25.8 Å². The van der Waals surface area contributed by atoms with Crippen molar-refractivity contribution in [3.05, 3.63) is 35.5 Å². The van der Waals surface area contributed by atoms with Gasteiger partial charge in [-0.3, -0.25) is 0 Å². The monoisotopic (exact) mass is 335 g/mol. The molecule has 3 heterocycles. The number of hydrogen-bond donors (Lipinski definition) is 0. The molecular weight excluding hydrogens is 314 g/mol. The first-order valence-corrected chi connectivity index (χ1v) is 8.81. The largest absolute Gasteiger partial charge is 0.353 e. The third-order valence-electron chi connectivity index (χ3n) is 5.01. The van der Waals surface area contributed by atoms with Gasteiger partial charge in [-0.2, -0.15) is 5.26 Å². The van der Waals surface area contributed by atoms with Crippen LogP contribution in [0.4, 0.5) is 11.8 Å². The van der Waals surface area contributed by atoms with Gasteiger partial charge in [0.2, 0.25) is 5.95 Å². The number of hydrogen-bond acceptors (Lipinski definition) is 7. The van der Waals surface area contributed by atoms with E-state index in [2.05, 4.69) is 41.9 Å². The number of aromatic nitrogens is 4. The van der Waals surface area contributed by atoms with Crippen LogP contribution in [0.2, 0.25) is 0 Å². The molecule has 0 bridgehead atoms. The minimum absolute atomic E-state index is 0.406. The van der Waals surface area contributed by atoms with Crippen LogP contribution in [-0.2, 0) is 0 Å². The Labute approximate surface area is 147 Å². The van der Waals surface area contributed by atoms with Crippen LogP contribution in [0.5, 0.6) is 0 Å². The zero-order chi connectivity index (χ0) is 17.2. The fourth-order valence-electron chi connectivity index (χ4n) is 3.35. The van der Waals surface area contributed by atoms with Crippen molar-refractivity contribution < 1.29 is 0 Å². The molecule has 2 aliphatic rings. The summed E-state index contributed by atoms with van der Waals surface area (Å²) in [6.07, 6.45) is 5.45. The van der Waals surface area contributed by atoms with Crippen molar-refractivity contribution in [3.63, 3.8) is 0 Å². The number of anilines is 2. The Kier molecular flexibility index (Phi) is 4.18. The maximum atomic E-state index is 8.99.